The van der Waals surface area contributed by atoms with E-state index in [0.717, 1.165) is 16.3 Å². The lowest BCUT2D eigenvalue weighted by Gasteiger charge is -2.28. The van der Waals surface area contributed by atoms with Gasteiger partial charge in [0.15, 0.2) is 6.61 Å². The number of thioether (sulfide) groups is 1. The molecule has 32 heavy (non-hydrogen) atoms. The van der Waals surface area contributed by atoms with Crippen molar-refractivity contribution in [3.63, 3.8) is 0 Å². The van der Waals surface area contributed by atoms with Gasteiger partial charge in [0, 0.05) is 17.2 Å². The number of fused-ring (bicyclic) bond motifs is 1. The molecule has 1 N–H and O–H groups in total. The largest absolute Gasteiger partial charge is 0.468 e. The van der Waals surface area contributed by atoms with Crippen molar-refractivity contribution in [2.45, 2.75) is 16.3 Å². The van der Waals surface area contributed by atoms with Crippen LogP contribution in [0.15, 0.2) is 81.1 Å². The fraction of sp³-hybridized carbons (Fsp3) is 0.182. The Morgan fingerprint density at radius 2 is 1.84 bits per heavy atom. The van der Waals surface area contributed by atoms with E-state index in [-0.39, 0.29) is 22.9 Å². The molecule has 0 saturated carbocycles. The topological polar surface area (TPSA) is 106 Å². The van der Waals surface area contributed by atoms with Gasteiger partial charge in [0.1, 0.15) is 5.76 Å². The van der Waals surface area contributed by atoms with Crippen LogP contribution in [0.25, 0.3) is 0 Å². The molecular weight excluding hydrogens is 452 g/mol. The minimum Gasteiger partial charge on any atom is -0.468 e. The molecule has 0 spiro atoms. The van der Waals surface area contributed by atoms with Crippen molar-refractivity contribution in [3.8, 4) is 0 Å². The average Bonchev–Trinajstić information content (AvgIpc) is 3.35. The fourth-order valence-corrected chi connectivity index (χ4v) is 5.14. The van der Waals surface area contributed by atoms with Crippen molar-refractivity contribution in [2.24, 2.45) is 0 Å². The summed E-state index contributed by atoms with van der Waals surface area (Å²) in [5.74, 6) is 0.229. The van der Waals surface area contributed by atoms with Crippen LogP contribution in [0.1, 0.15) is 16.1 Å². The van der Waals surface area contributed by atoms with E-state index in [1.807, 2.05) is 24.3 Å². The molecule has 2 heterocycles. The SMILES string of the molecule is O=C(OCC(=O)N1CCSc2ccccc21)c1ccc(S(=O)(=O)NCc2ccco2)cc1. The zero-order chi connectivity index (χ0) is 22.6. The maximum Gasteiger partial charge on any atom is 0.338 e. The third kappa shape index (κ3) is 5.04. The lowest BCUT2D eigenvalue weighted by atomic mass is 10.2. The first kappa shape index (κ1) is 22.1. The zero-order valence-corrected chi connectivity index (χ0v) is 18.5. The smallest absolute Gasteiger partial charge is 0.338 e. The average molecular weight is 473 g/mol. The molecule has 0 bridgehead atoms. The van der Waals surface area contributed by atoms with E-state index in [4.69, 9.17) is 9.15 Å². The van der Waals surface area contributed by atoms with Gasteiger partial charge in [-0.3, -0.25) is 4.79 Å². The highest BCUT2D eigenvalue weighted by Gasteiger charge is 2.24. The van der Waals surface area contributed by atoms with E-state index >= 15 is 0 Å². The number of hydrogen-bond donors (Lipinski definition) is 1. The predicted molar refractivity (Wildman–Crippen MR) is 119 cm³/mol. The predicted octanol–water partition coefficient (Wildman–Crippen LogP) is 3.05. The van der Waals surface area contributed by atoms with E-state index in [0.29, 0.717) is 12.3 Å². The van der Waals surface area contributed by atoms with E-state index in [9.17, 15) is 18.0 Å². The van der Waals surface area contributed by atoms with E-state index < -0.39 is 22.6 Å². The summed E-state index contributed by atoms with van der Waals surface area (Å²) >= 11 is 1.68. The van der Waals surface area contributed by atoms with Gasteiger partial charge in [0.25, 0.3) is 5.91 Å². The maximum absolute atomic E-state index is 12.6. The zero-order valence-electron chi connectivity index (χ0n) is 16.9. The molecule has 1 amide bonds. The molecule has 0 aliphatic carbocycles. The number of anilines is 1. The second kappa shape index (κ2) is 9.60. The molecule has 0 radical (unpaired) electrons. The lowest BCUT2D eigenvalue weighted by Crippen LogP contribution is -2.38. The number of esters is 1. The number of carbonyl (C=O) groups excluding carboxylic acids is 2. The first-order valence-corrected chi connectivity index (χ1v) is 12.2. The highest BCUT2D eigenvalue weighted by Crippen LogP contribution is 2.34. The number of nitrogens with one attached hydrogen (secondary N) is 1. The number of sulfonamides is 1. The van der Waals surface area contributed by atoms with Crippen molar-refractivity contribution >= 4 is 39.3 Å². The van der Waals surface area contributed by atoms with Crippen LogP contribution < -0.4 is 9.62 Å². The number of ether oxygens (including phenoxy) is 1. The van der Waals surface area contributed by atoms with Crippen LogP contribution in [0, 0.1) is 0 Å². The molecule has 0 fully saturated rings. The van der Waals surface area contributed by atoms with E-state index in [1.54, 1.807) is 28.8 Å². The molecular formula is C22H20N2O6S2. The van der Waals surface area contributed by atoms with Crippen molar-refractivity contribution in [1.29, 1.82) is 0 Å². The van der Waals surface area contributed by atoms with Crippen molar-refractivity contribution in [2.75, 3.05) is 23.8 Å². The van der Waals surface area contributed by atoms with Crippen LogP contribution in [0.5, 0.6) is 0 Å². The number of furan rings is 1. The minimum absolute atomic E-state index is 0.000828. The van der Waals surface area contributed by atoms with Crippen LogP contribution in [0.2, 0.25) is 0 Å². The molecule has 1 aliphatic rings. The van der Waals surface area contributed by atoms with Crippen LogP contribution >= 0.6 is 11.8 Å². The first-order valence-electron chi connectivity index (χ1n) is 9.75. The van der Waals surface area contributed by atoms with Gasteiger partial charge in [-0.25, -0.2) is 17.9 Å². The molecule has 4 rings (SSSR count). The molecule has 0 atom stereocenters. The number of carbonyl (C=O) groups is 2. The monoisotopic (exact) mass is 472 g/mol. The Kier molecular flexibility index (Phi) is 6.63. The quantitative estimate of drug-likeness (QED) is 0.527. The van der Waals surface area contributed by atoms with E-state index in [2.05, 4.69) is 4.72 Å². The second-order valence-electron chi connectivity index (χ2n) is 6.87. The molecule has 10 heteroatoms. The maximum atomic E-state index is 12.6. The molecule has 0 unspecified atom stereocenters. The van der Waals surface area contributed by atoms with Crippen LogP contribution in [0.4, 0.5) is 5.69 Å². The molecule has 8 nitrogen and oxygen atoms in total. The number of nitrogens with zero attached hydrogens (tertiary/aromatic N) is 1. The summed E-state index contributed by atoms with van der Waals surface area (Å²) < 4.78 is 37.4. The Balaban J connectivity index is 1.34. The van der Waals surface area contributed by atoms with Crippen molar-refractivity contribution < 1.29 is 27.2 Å². The highest BCUT2D eigenvalue weighted by atomic mass is 32.2. The Labute approximate surface area is 189 Å². The van der Waals surface area contributed by atoms with Gasteiger partial charge in [0.05, 0.1) is 29.0 Å². The normalized spacial score (nSPS) is 13.4. The van der Waals surface area contributed by atoms with Gasteiger partial charge < -0.3 is 14.1 Å². The Hall–Kier alpha value is -3.08. The Morgan fingerprint density at radius 3 is 2.59 bits per heavy atom. The summed E-state index contributed by atoms with van der Waals surface area (Å²) in [6, 6.07) is 16.2. The summed E-state index contributed by atoms with van der Waals surface area (Å²) in [4.78, 5) is 27.6. The fourth-order valence-electron chi connectivity index (χ4n) is 3.15. The van der Waals surface area contributed by atoms with E-state index in [1.165, 1.54) is 30.5 Å². The summed E-state index contributed by atoms with van der Waals surface area (Å²) in [5, 5.41) is 0. The van der Waals surface area contributed by atoms with Gasteiger partial charge >= 0.3 is 5.97 Å². The Bertz CT molecular complexity index is 1210. The molecule has 0 saturated heterocycles. The number of rotatable bonds is 7. The van der Waals surface area contributed by atoms with Gasteiger partial charge in [-0.2, -0.15) is 0 Å². The standard InChI is InChI=1S/C22H20N2O6S2/c25-21(24-11-13-31-20-6-2-1-5-19(20)24)15-30-22(26)16-7-9-18(10-8-16)32(27,28)23-14-17-4-3-12-29-17/h1-10,12,23H,11,13-15H2. The number of hydrogen-bond acceptors (Lipinski definition) is 7. The van der Waals surface area contributed by atoms with Crippen LogP contribution in [-0.4, -0.2) is 39.2 Å². The summed E-state index contributed by atoms with van der Waals surface area (Å²) in [6.07, 6.45) is 1.46. The first-order chi connectivity index (χ1) is 15.4. The van der Waals surface area contributed by atoms with Gasteiger partial charge in [-0.05, 0) is 48.5 Å². The summed E-state index contributed by atoms with van der Waals surface area (Å²) in [7, 11) is -3.77. The number of amides is 1. The van der Waals surface area contributed by atoms with Gasteiger partial charge in [-0.15, -0.1) is 11.8 Å². The van der Waals surface area contributed by atoms with Gasteiger partial charge in [-0.1, -0.05) is 12.1 Å². The second-order valence-corrected chi connectivity index (χ2v) is 9.77. The van der Waals surface area contributed by atoms with Gasteiger partial charge in [0.2, 0.25) is 10.0 Å². The van der Waals surface area contributed by atoms with Crippen molar-refractivity contribution in [3.05, 3.63) is 78.3 Å². The lowest BCUT2D eigenvalue weighted by molar-refractivity contribution is -0.121. The van der Waals surface area contributed by atoms with Crippen LogP contribution in [-0.2, 0) is 26.1 Å². The minimum atomic E-state index is -3.77. The number of benzene rings is 2. The Morgan fingerprint density at radius 1 is 1.06 bits per heavy atom. The summed E-state index contributed by atoms with van der Waals surface area (Å²) in [6.45, 7) is 0.150. The molecule has 166 valence electrons. The molecule has 3 aromatic rings. The third-order valence-electron chi connectivity index (χ3n) is 4.77. The molecule has 1 aromatic heterocycles. The highest BCUT2D eigenvalue weighted by molar-refractivity contribution is 7.99. The summed E-state index contributed by atoms with van der Waals surface area (Å²) in [5.41, 5.74) is 0.957. The molecule has 2 aromatic carbocycles. The molecule has 1 aliphatic heterocycles. The third-order valence-corrected chi connectivity index (χ3v) is 7.23. The number of para-hydroxylation sites is 1. The van der Waals surface area contributed by atoms with Crippen molar-refractivity contribution in [1.82, 2.24) is 4.72 Å². The van der Waals surface area contributed by atoms with Crippen LogP contribution in [0.3, 0.4) is 0 Å².